The molecule has 1 amide bonds. The predicted molar refractivity (Wildman–Crippen MR) is 109 cm³/mol. The maximum Gasteiger partial charge on any atom is 0.225 e. The topological polar surface area (TPSA) is 35.6 Å². The van der Waals surface area contributed by atoms with Crippen molar-refractivity contribution in [1.29, 1.82) is 0 Å². The van der Waals surface area contributed by atoms with Gasteiger partial charge in [0.2, 0.25) is 5.91 Å². The Morgan fingerprint density at radius 2 is 1.78 bits per heavy atom. The van der Waals surface area contributed by atoms with Crippen molar-refractivity contribution in [1.82, 2.24) is 4.90 Å². The fourth-order valence-corrected chi connectivity index (χ4v) is 3.55. The zero-order valence-corrected chi connectivity index (χ0v) is 16.2. The molecule has 0 aliphatic carbocycles. The Bertz CT molecular complexity index is 768. The highest BCUT2D eigenvalue weighted by atomic mass is 19.1. The summed E-state index contributed by atoms with van der Waals surface area (Å²) < 4.78 is 13.1. The van der Waals surface area contributed by atoms with Crippen molar-refractivity contribution in [2.45, 2.75) is 26.7 Å². The molecule has 1 saturated heterocycles. The molecule has 1 heterocycles. The van der Waals surface area contributed by atoms with Crippen LogP contribution in [0, 0.1) is 12.7 Å². The molecule has 2 aromatic carbocycles. The van der Waals surface area contributed by atoms with E-state index in [1.807, 2.05) is 31.2 Å². The summed E-state index contributed by atoms with van der Waals surface area (Å²) in [6, 6.07) is 12.8. The standard InChI is InChI=1S/C22H28FN3O/c1-3-18-6-4-5-17(2)22(18)24-21(27)11-12-25-13-15-26(16-14-25)20-9-7-19(23)8-10-20/h4-10H,3,11-16H2,1-2H3,(H,24,27). The number of nitrogens with one attached hydrogen (secondary N) is 1. The van der Waals surface area contributed by atoms with Crippen molar-refractivity contribution in [3.8, 4) is 0 Å². The van der Waals surface area contributed by atoms with Crippen LogP contribution >= 0.6 is 0 Å². The van der Waals surface area contributed by atoms with Gasteiger partial charge in [-0.3, -0.25) is 9.69 Å². The monoisotopic (exact) mass is 369 g/mol. The van der Waals surface area contributed by atoms with Crippen molar-refractivity contribution in [3.63, 3.8) is 0 Å². The van der Waals surface area contributed by atoms with Crippen LogP contribution in [0.1, 0.15) is 24.5 Å². The smallest absolute Gasteiger partial charge is 0.225 e. The van der Waals surface area contributed by atoms with Gasteiger partial charge in [-0.15, -0.1) is 0 Å². The second kappa shape index (κ2) is 9.00. The highest BCUT2D eigenvalue weighted by Gasteiger charge is 2.18. The van der Waals surface area contributed by atoms with E-state index in [0.717, 1.165) is 56.1 Å². The van der Waals surface area contributed by atoms with Gasteiger partial charge in [-0.1, -0.05) is 25.1 Å². The molecule has 0 spiro atoms. The number of rotatable bonds is 6. The molecule has 0 aromatic heterocycles. The van der Waals surface area contributed by atoms with Crippen LogP contribution in [0.5, 0.6) is 0 Å². The Kier molecular flexibility index (Phi) is 6.45. The van der Waals surface area contributed by atoms with Gasteiger partial charge in [0.15, 0.2) is 0 Å². The third-order valence-corrected chi connectivity index (χ3v) is 5.22. The number of hydrogen-bond donors (Lipinski definition) is 1. The zero-order valence-electron chi connectivity index (χ0n) is 16.2. The quantitative estimate of drug-likeness (QED) is 0.840. The molecule has 4 nitrogen and oxygen atoms in total. The first-order chi connectivity index (χ1) is 13.1. The molecule has 1 aliphatic heterocycles. The largest absolute Gasteiger partial charge is 0.369 e. The van der Waals surface area contributed by atoms with Crippen molar-refractivity contribution in [3.05, 3.63) is 59.4 Å². The predicted octanol–water partition coefficient (Wildman–Crippen LogP) is 3.85. The van der Waals surface area contributed by atoms with E-state index in [2.05, 4.69) is 28.1 Å². The molecule has 27 heavy (non-hydrogen) atoms. The molecule has 144 valence electrons. The Morgan fingerprint density at radius 1 is 1.07 bits per heavy atom. The number of nitrogens with zero attached hydrogens (tertiary/aromatic N) is 2. The normalized spacial score (nSPS) is 15.0. The van der Waals surface area contributed by atoms with Crippen molar-refractivity contribution >= 4 is 17.3 Å². The summed E-state index contributed by atoms with van der Waals surface area (Å²) in [5.41, 5.74) is 4.30. The van der Waals surface area contributed by atoms with Crippen LogP contribution < -0.4 is 10.2 Å². The molecule has 1 fully saturated rings. The van der Waals surface area contributed by atoms with E-state index in [0.29, 0.717) is 6.42 Å². The van der Waals surface area contributed by atoms with Crippen LogP contribution in [0.2, 0.25) is 0 Å². The van der Waals surface area contributed by atoms with Crippen LogP contribution in [0.15, 0.2) is 42.5 Å². The van der Waals surface area contributed by atoms with Crippen molar-refractivity contribution < 1.29 is 9.18 Å². The number of halogens is 1. The van der Waals surface area contributed by atoms with E-state index in [1.165, 1.54) is 17.7 Å². The van der Waals surface area contributed by atoms with E-state index >= 15 is 0 Å². The number of carbonyl (C=O) groups is 1. The van der Waals surface area contributed by atoms with Gasteiger partial charge >= 0.3 is 0 Å². The first-order valence-electron chi connectivity index (χ1n) is 9.68. The van der Waals surface area contributed by atoms with Gasteiger partial charge in [0.1, 0.15) is 5.82 Å². The summed E-state index contributed by atoms with van der Waals surface area (Å²) in [6.45, 7) is 8.51. The fraction of sp³-hybridized carbons (Fsp3) is 0.409. The minimum Gasteiger partial charge on any atom is -0.369 e. The number of amides is 1. The number of hydrogen-bond acceptors (Lipinski definition) is 3. The van der Waals surface area contributed by atoms with E-state index in [9.17, 15) is 9.18 Å². The van der Waals surface area contributed by atoms with Crippen LogP contribution in [0.4, 0.5) is 15.8 Å². The van der Waals surface area contributed by atoms with E-state index in [-0.39, 0.29) is 11.7 Å². The minimum absolute atomic E-state index is 0.0694. The lowest BCUT2D eigenvalue weighted by molar-refractivity contribution is -0.116. The van der Waals surface area contributed by atoms with Crippen molar-refractivity contribution in [2.24, 2.45) is 0 Å². The lowest BCUT2D eigenvalue weighted by Crippen LogP contribution is -2.47. The number of aryl methyl sites for hydroxylation is 2. The summed E-state index contributed by atoms with van der Waals surface area (Å²) in [5, 5.41) is 3.10. The maximum atomic E-state index is 13.1. The first-order valence-corrected chi connectivity index (χ1v) is 9.68. The molecular weight excluding hydrogens is 341 g/mol. The van der Waals surface area contributed by atoms with Gasteiger partial charge in [0, 0.05) is 50.5 Å². The van der Waals surface area contributed by atoms with Crippen molar-refractivity contribution in [2.75, 3.05) is 42.9 Å². The van der Waals surface area contributed by atoms with Crippen LogP contribution in [-0.4, -0.2) is 43.5 Å². The third kappa shape index (κ3) is 5.07. The number of anilines is 2. The maximum absolute atomic E-state index is 13.1. The molecule has 0 radical (unpaired) electrons. The van der Waals surface area contributed by atoms with Crippen LogP contribution in [0.3, 0.4) is 0 Å². The van der Waals surface area contributed by atoms with Gasteiger partial charge in [0.05, 0.1) is 0 Å². The molecule has 2 aromatic rings. The second-order valence-corrected chi connectivity index (χ2v) is 7.07. The van der Waals surface area contributed by atoms with E-state index < -0.39 is 0 Å². The lowest BCUT2D eigenvalue weighted by Gasteiger charge is -2.36. The second-order valence-electron chi connectivity index (χ2n) is 7.07. The average molecular weight is 369 g/mol. The fourth-order valence-electron chi connectivity index (χ4n) is 3.55. The molecule has 0 unspecified atom stereocenters. The van der Waals surface area contributed by atoms with Gasteiger partial charge in [-0.05, 0) is 48.7 Å². The first kappa shape index (κ1) is 19.4. The summed E-state index contributed by atoms with van der Waals surface area (Å²) in [5.74, 6) is -0.136. The molecule has 0 atom stereocenters. The Hall–Kier alpha value is -2.40. The number of carbonyl (C=O) groups excluding carboxylic acids is 1. The summed E-state index contributed by atoms with van der Waals surface area (Å²) in [6.07, 6.45) is 1.40. The van der Waals surface area contributed by atoms with Gasteiger partial charge < -0.3 is 10.2 Å². The summed E-state index contributed by atoms with van der Waals surface area (Å²) >= 11 is 0. The summed E-state index contributed by atoms with van der Waals surface area (Å²) in [7, 11) is 0. The number of benzene rings is 2. The number of piperazine rings is 1. The molecule has 5 heteroatoms. The van der Waals surface area contributed by atoms with Gasteiger partial charge in [-0.2, -0.15) is 0 Å². The molecule has 0 saturated carbocycles. The highest BCUT2D eigenvalue weighted by Crippen LogP contribution is 2.21. The minimum atomic E-state index is -0.205. The molecule has 3 rings (SSSR count). The lowest BCUT2D eigenvalue weighted by atomic mass is 10.1. The van der Waals surface area contributed by atoms with E-state index in [4.69, 9.17) is 0 Å². The molecule has 0 bridgehead atoms. The number of para-hydroxylation sites is 1. The summed E-state index contributed by atoms with van der Waals surface area (Å²) in [4.78, 5) is 17.0. The third-order valence-electron chi connectivity index (χ3n) is 5.22. The highest BCUT2D eigenvalue weighted by molar-refractivity contribution is 5.92. The molecule has 1 N–H and O–H groups in total. The zero-order chi connectivity index (χ0) is 19.2. The van der Waals surface area contributed by atoms with Crippen LogP contribution in [0.25, 0.3) is 0 Å². The molecular formula is C22H28FN3O. The van der Waals surface area contributed by atoms with E-state index in [1.54, 1.807) is 0 Å². The molecule has 1 aliphatic rings. The average Bonchev–Trinajstić information content (AvgIpc) is 2.69. The van der Waals surface area contributed by atoms with Gasteiger partial charge in [0.25, 0.3) is 0 Å². The Morgan fingerprint density at radius 3 is 2.44 bits per heavy atom. The SMILES string of the molecule is CCc1cccc(C)c1NC(=O)CCN1CCN(c2ccc(F)cc2)CC1. The Labute approximate surface area is 161 Å². The Balaban J connectivity index is 1.46. The van der Waals surface area contributed by atoms with Crippen LogP contribution in [-0.2, 0) is 11.2 Å². The van der Waals surface area contributed by atoms with Gasteiger partial charge in [-0.25, -0.2) is 4.39 Å².